The number of hydrogen-bond acceptors (Lipinski definition) is 4. The van der Waals surface area contributed by atoms with Crippen LogP contribution in [-0.2, 0) is 16.2 Å². The topological polar surface area (TPSA) is 52.7 Å². The molecule has 2 aromatic rings. The van der Waals surface area contributed by atoms with Crippen molar-refractivity contribution in [2.75, 3.05) is 45.3 Å². The zero-order chi connectivity index (χ0) is 27.4. The number of fused-ring (bicyclic) bond motifs is 1. The van der Waals surface area contributed by atoms with E-state index in [4.69, 9.17) is 0 Å². The summed E-state index contributed by atoms with van der Waals surface area (Å²) in [6.07, 6.45) is -2.28. The van der Waals surface area contributed by atoms with Crippen LogP contribution in [0.2, 0.25) is 0 Å². The van der Waals surface area contributed by atoms with Gasteiger partial charge in [0.1, 0.15) is 0 Å². The Morgan fingerprint density at radius 2 is 1.73 bits per heavy atom. The summed E-state index contributed by atoms with van der Waals surface area (Å²) in [5, 5.41) is 3.52. The van der Waals surface area contributed by atoms with Crippen molar-refractivity contribution in [3.63, 3.8) is 0 Å². The Labute approximate surface area is 220 Å². The van der Waals surface area contributed by atoms with Crippen molar-refractivity contribution in [1.82, 2.24) is 9.21 Å². The van der Waals surface area contributed by atoms with Crippen molar-refractivity contribution in [2.45, 2.75) is 51.2 Å². The Morgan fingerprint density at radius 3 is 2.35 bits per heavy atom. The summed E-state index contributed by atoms with van der Waals surface area (Å²) in [7, 11) is 2.15. The summed E-state index contributed by atoms with van der Waals surface area (Å²) in [5.41, 5.74) is 1.88. The number of rotatable bonds is 11. The van der Waals surface area contributed by atoms with Gasteiger partial charge in [-0.3, -0.25) is 0 Å². The van der Waals surface area contributed by atoms with E-state index in [2.05, 4.69) is 5.32 Å². The molecule has 0 aliphatic carbocycles. The average molecular weight is 540 g/mol. The molecule has 0 saturated heterocycles. The second-order valence-corrected chi connectivity index (χ2v) is 12.9. The van der Waals surface area contributed by atoms with Crippen LogP contribution in [-0.4, -0.2) is 57.6 Å². The van der Waals surface area contributed by atoms with Gasteiger partial charge in [-0.1, -0.05) is 44.2 Å². The molecule has 206 valence electrons. The van der Waals surface area contributed by atoms with E-state index in [0.29, 0.717) is 25.1 Å². The zero-order valence-corrected chi connectivity index (χ0v) is 23.2. The van der Waals surface area contributed by atoms with E-state index in [1.165, 1.54) is 10.4 Å². The fourth-order valence-electron chi connectivity index (χ4n) is 5.29. The van der Waals surface area contributed by atoms with Gasteiger partial charge in [0, 0.05) is 19.3 Å². The van der Waals surface area contributed by atoms with Gasteiger partial charge in [0.15, 0.2) is 0 Å². The Balaban J connectivity index is 1.75. The highest BCUT2D eigenvalue weighted by Gasteiger charge is 2.38. The first-order valence-electron chi connectivity index (χ1n) is 12.9. The van der Waals surface area contributed by atoms with Crippen molar-refractivity contribution >= 4 is 15.7 Å². The molecule has 0 aromatic heterocycles. The van der Waals surface area contributed by atoms with Crippen molar-refractivity contribution in [1.29, 1.82) is 0 Å². The highest BCUT2D eigenvalue weighted by atomic mass is 32.2. The van der Waals surface area contributed by atoms with E-state index < -0.39 is 21.8 Å². The average Bonchev–Trinajstić information content (AvgIpc) is 2.82. The van der Waals surface area contributed by atoms with Gasteiger partial charge in [0.25, 0.3) is 0 Å². The Hall–Kier alpha value is -2.10. The maximum atomic E-state index is 13.4. The minimum absolute atomic E-state index is 0.0415. The van der Waals surface area contributed by atoms with Crippen LogP contribution < -0.4 is 5.32 Å². The van der Waals surface area contributed by atoms with Gasteiger partial charge in [-0.05, 0) is 87.0 Å². The summed E-state index contributed by atoms with van der Waals surface area (Å²) >= 11 is 0. The lowest BCUT2D eigenvalue weighted by molar-refractivity contribution is -0.137. The number of alkyl halides is 3. The molecule has 9 heteroatoms. The largest absolute Gasteiger partial charge is 0.416 e. The normalized spacial score (nSPS) is 21.1. The number of nitrogens with zero attached hydrogens (tertiary/aromatic N) is 2. The summed E-state index contributed by atoms with van der Waals surface area (Å²) in [4.78, 5) is 1.97. The lowest BCUT2D eigenvalue weighted by atomic mass is 9.73. The predicted octanol–water partition coefficient (Wildman–Crippen LogP) is 6.22. The third-order valence-corrected chi connectivity index (χ3v) is 9.36. The smallest absolute Gasteiger partial charge is 0.378 e. The zero-order valence-electron chi connectivity index (χ0n) is 22.4. The molecule has 0 amide bonds. The number of benzene rings is 2. The van der Waals surface area contributed by atoms with Crippen molar-refractivity contribution in [2.24, 2.45) is 11.8 Å². The Morgan fingerprint density at radius 1 is 1.05 bits per heavy atom. The molecule has 37 heavy (non-hydrogen) atoms. The molecule has 0 fully saturated rings. The molecule has 5 nitrogen and oxygen atoms in total. The van der Waals surface area contributed by atoms with Crippen LogP contribution in [0.4, 0.5) is 18.9 Å². The lowest BCUT2D eigenvalue weighted by Gasteiger charge is -2.40. The SMILES string of the molecule is C[C@H](CC[C@@H]1[C@H](C)c2cc(C(F)(F)F)ccc2N[C@H]1c1ccccc1)CN(C)S(=O)(=O)CCCN(C)C. The first-order chi connectivity index (χ1) is 17.3. The number of anilines is 1. The summed E-state index contributed by atoms with van der Waals surface area (Å²) in [5.74, 6) is 0.193. The second-order valence-electron chi connectivity index (χ2n) is 10.7. The van der Waals surface area contributed by atoms with Gasteiger partial charge < -0.3 is 10.2 Å². The molecule has 4 atom stereocenters. The second kappa shape index (κ2) is 12.2. The van der Waals surface area contributed by atoms with Crippen LogP contribution in [0.25, 0.3) is 0 Å². The monoisotopic (exact) mass is 539 g/mol. The van der Waals surface area contributed by atoms with Crippen LogP contribution in [0.1, 0.15) is 61.8 Å². The van der Waals surface area contributed by atoms with Gasteiger partial charge in [0.05, 0.1) is 17.4 Å². The molecule has 0 unspecified atom stereocenters. The molecule has 1 aliphatic rings. The van der Waals surface area contributed by atoms with E-state index in [9.17, 15) is 21.6 Å². The van der Waals surface area contributed by atoms with Crippen molar-refractivity contribution in [3.8, 4) is 0 Å². The lowest BCUT2D eigenvalue weighted by Crippen LogP contribution is -2.35. The summed E-state index contributed by atoms with van der Waals surface area (Å²) in [6, 6.07) is 13.9. The van der Waals surface area contributed by atoms with Crippen LogP contribution in [0.3, 0.4) is 0 Å². The minimum Gasteiger partial charge on any atom is -0.378 e. The van der Waals surface area contributed by atoms with Crippen molar-refractivity contribution in [3.05, 3.63) is 65.2 Å². The first-order valence-corrected chi connectivity index (χ1v) is 14.5. The van der Waals surface area contributed by atoms with Crippen LogP contribution in [0.5, 0.6) is 0 Å². The maximum Gasteiger partial charge on any atom is 0.416 e. The predicted molar refractivity (Wildman–Crippen MR) is 144 cm³/mol. The maximum absolute atomic E-state index is 13.4. The number of nitrogens with one attached hydrogen (secondary N) is 1. The molecule has 0 saturated carbocycles. The molecule has 1 aliphatic heterocycles. The molecular weight excluding hydrogens is 499 g/mol. The molecule has 0 radical (unpaired) electrons. The minimum atomic E-state index is -4.39. The molecule has 0 bridgehead atoms. The summed E-state index contributed by atoms with van der Waals surface area (Å²) in [6.45, 7) is 5.18. The fraction of sp³-hybridized carbons (Fsp3) is 0.571. The number of hydrogen-bond donors (Lipinski definition) is 1. The van der Waals surface area contributed by atoms with E-state index in [-0.39, 0.29) is 29.5 Å². The molecule has 1 heterocycles. The third-order valence-electron chi connectivity index (χ3n) is 7.45. The standard InChI is InChI=1S/C28H40F3N3O2S/c1-20(19-34(5)37(35,36)17-9-16-33(3)4)12-14-24-21(2)25-18-23(28(29,30)31)13-15-26(25)32-27(24)22-10-7-6-8-11-22/h6-8,10-11,13,15,18,20-21,24,27,32H,9,12,14,16-17,19H2,1-5H3/t20-,21+,24-,27+/m1/s1. The van der Waals surface area contributed by atoms with E-state index in [0.717, 1.165) is 30.2 Å². The molecule has 3 rings (SSSR count). The third kappa shape index (κ3) is 7.71. The highest BCUT2D eigenvalue weighted by molar-refractivity contribution is 7.89. The van der Waals surface area contributed by atoms with Gasteiger partial charge in [0.2, 0.25) is 10.0 Å². The van der Waals surface area contributed by atoms with Crippen molar-refractivity contribution < 1.29 is 21.6 Å². The van der Waals surface area contributed by atoms with E-state index in [1.807, 2.05) is 63.2 Å². The van der Waals surface area contributed by atoms with E-state index >= 15 is 0 Å². The van der Waals surface area contributed by atoms with Crippen LogP contribution in [0, 0.1) is 11.8 Å². The van der Waals surface area contributed by atoms with Gasteiger partial charge >= 0.3 is 6.18 Å². The Bertz CT molecular complexity index is 1120. The van der Waals surface area contributed by atoms with Crippen LogP contribution >= 0.6 is 0 Å². The van der Waals surface area contributed by atoms with Gasteiger partial charge in [-0.2, -0.15) is 13.2 Å². The highest BCUT2D eigenvalue weighted by Crippen LogP contribution is 2.48. The van der Waals surface area contributed by atoms with E-state index in [1.54, 1.807) is 13.1 Å². The fourth-order valence-corrected chi connectivity index (χ4v) is 6.58. The quantitative estimate of drug-likeness (QED) is 0.368. The number of halogens is 3. The molecule has 0 spiro atoms. The van der Waals surface area contributed by atoms with Gasteiger partial charge in [-0.15, -0.1) is 0 Å². The van der Waals surface area contributed by atoms with Gasteiger partial charge in [-0.25, -0.2) is 12.7 Å². The molecule has 1 N–H and O–H groups in total. The van der Waals surface area contributed by atoms with Crippen LogP contribution in [0.15, 0.2) is 48.5 Å². The number of sulfonamides is 1. The summed E-state index contributed by atoms with van der Waals surface area (Å²) < 4.78 is 67.2. The molecular formula is C28H40F3N3O2S. The first kappa shape index (κ1) is 29.5. The Kier molecular flexibility index (Phi) is 9.69. The molecule has 2 aromatic carbocycles.